The third-order valence-corrected chi connectivity index (χ3v) is 7.92. The Hall–Kier alpha value is -2.71. The minimum atomic E-state index is -0.364. The summed E-state index contributed by atoms with van der Waals surface area (Å²) in [6.07, 6.45) is 2.32. The second kappa shape index (κ2) is 9.88. The van der Waals surface area contributed by atoms with Crippen molar-refractivity contribution in [3.63, 3.8) is 0 Å². The summed E-state index contributed by atoms with van der Waals surface area (Å²) in [5.74, 6) is -0.364. The lowest BCUT2D eigenvalue weighted by Gasteiger charge is -2.08. The van der Waals surface area contributed by atoms with Crippen LogP contribution < -0.4 is 5.32 Å². The van der Waals surface area contributed by atoms with Gasteiger partial charge in [-0.3, -0.25) is 14.9 Å². The van der Waals surface area contributed by atoms with Gasteiger partial charge in [0.25, 0.3) is 11.1 Å². The maximum Gasteiger partial charge on any atom is 0.290 e. The number of hydrogen-bond donors (Lipinski definition) is 1. The van der Waals surface area contributed by atoms with Crippen LogP contribution in [-0.2, 0) is 22.7 Å². The average molecular weight is 527 g/mol. The van der Waals surface area contributed by atoms with Crippen LogP contribution in [0.5, 0.6) is 0 Å². The average Bonchev–Trinajstić information content (AvgIpc) is 3.04. The van der Waals surface area contributed by atoms with Crippen LogP contribution in [0.4, 0.5) is 4.79 Å². The Balaban J connectivity index is 1.43. The first-order valence-corrected chi connectivity index (χ1v) is 12.6. The first kappa shape index (κ1) is 23.1. The molecule has 3 aromatic carbocycles. The van der Waals surface area contributed by atoms with Crippen molar-refractivity contribution in [2.24, 2.45) is 5.16 Å². The zero-order valence-electron chi connectivity index (χ0n) is 17.5. The highest BCUT2D eigenvalue weighted by Crippen LogP contribution is 2.38. The van der Waals surface area contributed by atoms with E-state index in [1.54, 1.807) is 30.0 Å². The number of benzene rings is 3. The van der Waals surface area contributed by atoms with E-state index >= 15 is 0 Å². The number of halogens is 2. The molecule has 0 aromatic heterocycles. The molecule has 0 aliphatic carbocycles. The van der Waals surface area contributed by atoms with Crippen molar-refractivity contribution >= 4 is 69.7 Å². The molecule has 3 aromatic rings. The Kier molecular flexibility index (Phi) is 6.70. The van der Waals surface area contributed by atoms with Gasteiger partial charge in [0.2, 0.25) is 0 Å². The van der Waals surface area contributed by atoms with Crippen molar-refractivity contribution in [2.45, 2.75) is 22.8 Å². The zero-order chi connectivity index (χ0) is 23.7. The number of carbonyl (C=O) groups is 2. The van der Waals surface area contributed by atoms with Gasteiger partial charge in [-0.15, -0.1) is 0 Å². The third kappa shape index (κ3) is 5.03. The predicted molar refractivity (Wildman–Crippen MR) is 138 cm³/mol. The summed E-state index contributed by atoms with van der Waals surface area (Å²) in [5, 5.41) is 7.38. The molecule has 0 unspecified atom stereocenters. The van der Waals surface area contributed by atoms with Gasteiger partial charge in [-0.2, -0.15) is 0 Å². The lowest BCUT2D eigenvalue weighted by atomic mass is 10.0. The van der Waals surface area contributed by atoms with E-state index in [0.29, 0.717) is 21.4 Å². The summed E-state index contributed by atoms with van der Waals surface area (Å²) in [6.45, 7) is 0.271. The van der Waals surface area contributed by atoms with E-state index < -0.39 is 0 Å². The fourth-order valence-corrected chi connectivity index (χ4v) is 5.71. The Morgan fingerprint density at radius 3 is 2.62 bits per heavy atom. The van der Waals surface area contributed by atoms with Crippen molar-refractivity contribution in [1.29, 1.82) is 0 Å². The molecule has 34 heavy (non-hydrogen) atoms. The van der Waals surface area contributed by atoms with Gasteiger partial charge in [0.1, 0.15) is 6.61 Å². The summed E-state index contributed by atoms with van der Waals surface area (Å²) in [4.78, 5) is 31.6. The SMILES string of the molecule is O=C1NC(=O)/C(=C/c2ccc3c(c2)Sc2ccccc2/C(=N\OCc2ccc(Cl)c(Cl)c2)C3)S1. The topological polar surface area (TPSA) is 67.8 Å². The van der Waals surface area contributed by atoms with Gasteiger partial charge in [0, 0.05) is 21.8 Å². The normalized spacial score (nSPS) is 17.4. The molecule has 170 valence electrons. The van der Waals surface area contributed by atoms with E-state index in [1.807, 2.05) is 48.5 Å². The molecular weight excluding hydrogens is 511 g/mol. The molecule has 2 heterocycles. The Bertz CT molecular complexity index is 1390. The Labute approximate surface area is 214 Å². The minimum absolute atomic E-state index is 0.271. The largest absolute Gasteiger partial charge is 0.391 e. The standard InChI is InChI=1S/C25H16Cl2N2O3S2/c26-18-8-6-15(9-19(18)27)13-32-29-20-12-16-7-5-14(11-23-24(30)28-25(31)34-23)10-22(16)33-21-4-2-1-3-17(20)21/h1-11H,12-13H2,(H,28,30,31)/b23-11-,29-20-. The lowest BCUT2D eigenvalue weighted by molar-refractivity contribution is -0.115. The number of nitrogens with one attached hydrogen (secondary N) is 1. The van der Waals surface area contributed by atoms with Gasteiger partial charge in [-0.25, -0.2) is 0 Å². The van der Waals surface area contributed by atoms with Gasteiger partial charge >= 0.3 is 0 Å². The molecule has 5 nitrogen and oxygen atoms in total. The Morgan fingerprint density at radius 2 is 1.82 bits per heavy atom. The van der Waals surface area contributed by atoms with E-state index in [2.05, 4.69) is 10.5 Å². The molecule has 0 spiro atoms. The summed E-state index contributed by atoms with van der Waals surface area (Å²) in [6, 6.07) is 19.4. The van der Waals surface area contributed by atoms with Crippen LogP contribution in [0.25, 0.3) is 6.08 Å². The number of imide groups is 1. The Morgan fingerprint density at radius 1 is 0.971 bits per heavy atom. The number of oxime groups is 1. The lowest BCUT2D eigenvalue weighted by Crippen LogP contribution is -2.17. The van der Waals surface area contributed by atoms with Gasteiger partial charge in [-0.05, 0) is 58.8 Å². The first-order chi connectivity index (χ1) is 16.5. The quantitative estimate of drug-likeness (QED) is 0.294. The minimum Gasteiger partial charge on any atom is -0.391 e. The van der Waals surface area contributed by atoms with E-state index in [1.165, 1.54) is 0 Å². The van der Waals surface area contributed by atoms with E-state index in [4.69, 9.17) is 28.0 Å². The first-order valence-electron chi connectivity index (χ1n) is 10.2. The molecule has 2 amide bonds. The van der Waals surface area contributed by atoms with Crippen molar-refractivity contribution in [1.82, 2.24) is 5.32 Å². The zero-order valence-corrected chi connectivity index (χ0v) is 20.7. The van der Waals surface area contributed by atoms with Crippen molar-refractivity contribution in [2.75, 3.05) is 0 Å². The van der Waals surface area contributed by atoms with Crippen molar-refractivity contribution in [3.05, 3.63) is 97.9 Å². The van der Waals surface area contributed by atoms with Crippen LogP contribution in [0.1, 0.15) is 22.3 Å². The molecule has 0 bridgehead atoms. The highest BCUT2D eigenvalue weighted by molar-refractivity contribution is 8.18. The van der Waals surface area contributed by atoms with Gasteiger partial charge in [0.15, 0.2) is 0 Å². The van der Waals surface area contributed by atoms with Crippen LogP contribution in [0.2, 0.25) is 10.0 Å². The monoisotopic (exact) mass is 526 g/mol. The fourth-order valence-electron chi connectivity index (χ4n) is 3.56. The highest BCUT2D eigenvalue weighted by atomic mass is 35.5. The molecule has 1 saturated heterocycles. The van der Waals surface area contributed by atoms with Crippen LogP contribution >= 0.6 is 46.7 Å². The molecule has 0 radical (unpaired) electrons. The number of fused-ring (bicyclic) bond motifs is 2. The number of thioether (sulfide) groups is 1. The third-order valence-electron chi connectivity index (χ3n) is 5.20. The molecule has 0 saturated carbocycles. The predicted octanol–water partition coefficient (Wildman–Crippen LogP) is 6.95. The molecule has 5 rings (SSSR count). The number of carbonyl (C=O) groups excluding carboxylic acids is 2. The smallest absolute Gasteiger partial charge is 0.290 e. The van der Waals surface area contributed by atoms with Crippen molar-refractivity contribution < 1.29 is 14.4 Å². The number of amides is 2. The molecule has 9 heteroatoms. The van der Waals surface area contributed by atoms with Crippen LogP contribution in [-0.4, -0.2) is 16.9 Å². The maximum absolute atomic E-state index is 11.9. The number of rotatable bonds is 4. The van der Waals surface area contributed by atoms with Gasteiger partial charge in [0.05, 0.1) is 20.7 Å². The number of hydrogen-bond acceptors (Lipinski definition) is 6. The fraction of sp³-hybridized carbons (Fsp3) is 0.0800. The summed E-state index contributed by atoms with van der Waals surface area (Å²) in [7, 11) is 0. The number of nitrogens with zero attached hydrogens (tertiary/aromatic N) is 1. The molecule has 1 fully saturated rings. The second-order valence-electron chi connectivity index (χ2n) is 7.55. The van der Waals surface area contributed by atoms with Crippen molar-refractivity contribution in [3.8, 4) is 0 Å². The van der Waals surface area contributed by atoms with E-state index in [0.717, 1.165) is 49.5 Å². The highest BCUT2D eigenvalue weighted by Gasteiger charge is 2.25. The van der Waals surface area contributed by atoms with Gasteiger partial charge in [-0.1, -0.05) is 76.5 Å². The van der Waals surface area contributed by atoms with Gasteiger partial charge < -0.3 is 4.84 Å². The summed E-state index contributed by atoms with van der Waals surface area (Å²) < 4.78 is 0. The molecule has 2 aliphatic heterocycles. The second-order valence-corrected chi connectivity index (χ2v) is 10.5. The summed E-state index contributed by atoms with van der Waals surface area (Å²) >= 11 is 14.6. The van der Waals surface area contributed by atoms with Crippen LogP contribution in [0.3, 0.4) is 0 Å². The molecule has 0 atom stereocenters. The van der Waals surface area contributed by atoms with Crippen LogP contribution in [0.15, 0.2) is 80.5 Å². The molecule has 1 N–H and O–H groups in total. The molecule has 2 aliphatic rings. The maximum atomic E-state index is 11.9. The van der Waals surface area contributed by atoms with E-state index in [-0.39, 0.29) is 17.8 Å². The summed E-state index contributed by atoms with van der Waals surface area (Å²) in [5.41, 5.74) is 4.66. The van der Waals surface area contributed by atoms with Crippen LogP contribution in [0, 0.1) is 0 Å². The molecular formula is C25H16Cl2N2O3S2. The van der Waals surface area contributed by atoms with E-state index in [9.17, 15) is 9.59 Å².